The maximum atomic E-state index is 5.17. The van der Waals surface area contributed by atoms with Gasteiger partial charge < -0.3 is 4.74 Å². The maximum absolute atomic E-state index is 5.17. The van der Waals surface area contributed by atoms with Crippen molar-refractivity contribution in [3.63, 3.8) is 0 Å². The minimum absolute atomic E-state index is 0.0663. The van der Waals surface area contributed by atoms with Crippen molar-refractivity contribution in [1.82, 2.24) is 0 Å². The fourth-order valence-corrected chi connectivity index (χ4v) is 2.18. The maximum Gasteiger partial charge on any atom is 0.0971 e. The number of hydrogen-bond acceptors (Lipinski definition) is 1. The van der Waals surface area contributed by atoms with Gasteiger partial charge in [0.1, 0.15) is 0 Å². The van der Waals surface area contributed by atoms with E-state index in [-0.39, 0.29) is 4.32 Å². The van der Waals surface area contributed by atoms with Gasteiger partial charge in [-0.2, -0.15) is 0 Å². The lowest BCUT2D eigenvalue weighted by atomic mass is 9.98. The molecule has 12 heavy (non-hydrogen) atoms. The lowest BCUT2D eigenvalue weighted by Crippen LogP contribution is -2.40. The van der Waals surface area contributed by atoms with Crippen molar-refractivity contribution >= 4 is 31.9 Å². The van der Waals surface area contributed by atoms with Crippen LogP contribution >= 0.6 is 31.9 Å². The van der Waals surface area contributed by atoms with E-state index >= 15 is 0 Å². The van der Waals surface area contributed by atoms with Gasteiger partial charge in [-0.1, -0.05) is 44.0 Å². The third-order valence-corrected chi connectivity index (χ3v) is 3.41. The van der Waals surface area contributed by atoms with Gasteiger partial charge in [-0.25, -0.2) is 0 Å². The van der Waals surface area contributed by atoms with Gasteiger partial charge in [0, 0.05) is 4.47 Å². The molecule has 0 aromatic heterocycles. The van der Waals surface area contributed by atoms with E-state index in [1.54, 1.807) is 0 Å². The molecule has 0 spiro atoms. The normalized spacial score (nSPS) is 20.2. The minimum Gasteiger partial charge on any atom is -0.378 e. The summed E-state index contributed by atoms with van der Waals surface area (Å²) in [5.41, 5.74) is 1.28. The highest BCUT2D eigenvalue weighted by molar-refractivity contribution is 9.10. The van der Waals surface area contributed by atoms with Crippen molar-refractivity contribution in [2.75, 3.05) is 13.2 Å². The first kappa shape index (κ1) is 8.73. The number of halogens is 2. The predicted octanol–water partition coefficient (Wildman–Crippen LogP) is 3.07. The Hall–Kier alpha value is 0.140. The second kappa shape index (κ2) is 3.13. The number of alkyl halides is 1. The molecular weight excluding hydrogens is 284 g/mol. The molecule has 1 fully saturated rings. The molecule has 2 rings (SSSR count). The highest BCUT2D eigenvalue weighted by Crippen LogP contribution is 2.39. The summed E-state index contributed by atoms with van der Waals surface area (Å²) in [6, 6.07) is 8.30. The number of benzene rings is 1. The van der Waals surface area contributed by atoms with Crippen LogP contribution in [0.15, 0.2) is 28.7 Å². The van der Waals surface area contributed by atoms with Gasteiger partial charge in [-0.15, -0.1) is 0 Å². The second-order valence-electron chi connectivity index (χ2n) is 2.97. The van der Waals surface area contributed by atoms with E-state index in [2.05, 4.69) is 44.0 Å². The average molecular weight is 292 g/mol. The van der Waals surface area contributed by atoms with Crippen LogP contribution in [-0.4, -0.2) is 13.2 Å². The molecule has 1 aromatic carbocycles. The van der Waals surface area contributed by atoms with Crippen molar-refractivity contribution in [3.05, 3.63) is 34.3 Å². The fourth-order valence-electron chi connectivity index (χ4n) is 1.22. The van der Waals surface area contributed by atoms with Crippen molar-refractivity contribution in [1.29, 1.82) is 0 Å². The Bertz CT molecular complexity index is 294. The molecule has 0 bridgehead atoms. The summed E-state index contributed by atoms with van der Waals surface area (Å²) >= 11 is 7.11. The van der Waals surface area contributed by atoms with E-state index in [0.29, 0.717) is 0 Å². The zero-order chi connectivity index (χ0) is 8.60. The Morgan fingerprint density at radius 1 is 1.33 bits per heavy atom. The monoisotopic (exact) mass is 290 g/mol. The lowest BCUT2D eigenvalue weighted by molar-refractivity contribution is -0.00700. The smallest absolute Gasteiger partial charge is 0.0971 e. The Morgan fingerprint density at radius 3 is 2.58 bits per heavy atom. The molecule has 1 aliphatic heterocycles. The summed E-state index contributed by atoms with van der Waals surface area (Å²) < 4.78 is 6.35. The molecule has 0 amide bonds. The van der Waals surface area contributed by atoms with Crippen LogP contribution in [0.5, 0.6) is 0 Å². The molecule has 1 aliphatic rings. The predicted molar refractivity (Wildman–Crippen MR) is 55.6 cm³/mol. The molecule has 0 saturated carbocycles. The standard InChI is InChI=1S/C9H8Br2O/c10-8-3-1-2-7(4-8)9(11)5-12-6-9/h1-4H,5-6H2. The largest absolute Gasteiger partial charge is 0.378 e. The molecule has 0 radical (unpaired) electrons. The van der Waals surface area contributed by atoms with Gasteiger partial charge >= 0.3 is 0 Å². The van der Waals surface area contributed by atoms with Crippen LogP contribution in [0.1, 0.15) is 5.56 Å². The molecule has 0 N–H and O–H groups in total. The van der Waals surface area contributed by atoms with Crippen molar-refractivity contribution in [2.24, 2.45) is 0 Å². The lowest BCUT2D eigenvalue weighted by Gasteiger charge is -2.36. The first-order valence-corrected chi connectivity index (χ1v) is 5.32. The summed E-state index contributed by atoms with van der Waals surface area (Å²) in [7, 11) is 0. The topological polar surface area (TPSA) is 9.23 Å². The Kier molecular flexibility index (Phi) is 2.27. The highest BCUT2D eigenvalue weighted by atomic mass is 79.9. The highest BCUT2D eigenvalue weighted by Gasteiger charge is 2.37. The molecule has 0 aliphatic carbocycles. The number of hydrogen-bond donors (Lipinski definition) is 0. The van der Waals surface area contributed by atoms with E-state index in [1.165, 1.54) is 5.56 Å². The van der Waals surface area contributed by atoms with Gasteiger partial charge in [0.25, 0.3) is 0 Å². The average Bonchev–Trinajstić information content (AvgIpc) is 2.00. The van der Waals surface area contributed by atoms with E-state index in [4.69, 9.17) is 4.74 Å². The van der Waals surface area contributed by atoms with Crippen molar-refractivity contribution in [2.45, 2.75) is 4.32 Å². The van der Waals surface area contributed by atoms with E-state index in [1.807, 2.05) is 12.1 Å². The van der Waals surface area contributed by atoms with Crippen LogP contribution in [0.4, 0.5) is 0 Å². The van der Waals surface area contributed by atoms with Crippen LogP contribution in [0, 0.1) is 0 Å². The van der Waals surface area contributed by atoms with E-state index in [0.717, 1.165) is 17.7 Å². The van der Waals surface area contributed by atoms with Crippen LogP contribution in [0.25, 0.3) is 0 Å². The van der Waals surface area contributed by atoms with Crippen LogP contribution in [0.2, 0.25) is 0 Å². The van der Waals surface area contributed by atoms with E-state index in [9.17, 15) is 0 Å². The fraction of sp³-hybridized carbons (Fsp3) is 0.333. The van der Waals surface area contributed by atoms with Gasteiger partial charge in [0.2, 0.25) is 0 Å². The summed E-state index contributed by atoms with van der Waals surface area (Å²) in [6.07, 6.45) is 0. The molecule has 1 nitrogen and oxygen atoms in total. The summed E-state index contributed by atoms with van der Waals surface area (Å²) in [5, 5.41) is 0. The quantitative estimate of drug-likeness (QED) is 0.723. The molecule has 1 heterocycles. The Balaban J connectivity index is 2.33. The van der Waals surface area contributed by atoms with Crippen LogP contribution < -0.4 is 0 Å². The number of rotatable bonds is 1. The van der Waals surface area contributed by atoms with Gasteiger partial charge in [0.15, 0.2) is 0 Å². The molecular formula is C9H8Br2O. The first-order chi connectivity index (χ1) is 5.71. The third-order valence-electron chi connectivity index (χ3n) is 2.00. The van der Waals surface area contributed by atoms with Crippen molar-refractivity contribution in [3.8, 4) is 0 Å². The summed E-state index contributed by atoms with van der Waals surface area (Å²) in [6.45, 7) is 1.53. The first-order valence-electron chi connectivity index (χ1n) is 3.73. The zero-order valence-corrected chi connectivity index (χ0v) is 9.56. The minimum atomic E-state index is 0.0663. The summed E-state index contributed by atoms with van der Waals surface area (Å²) in [4.78, 5) is 0. The molecule has 1 aromatic rings. The number of ether oxygens (including phenoxy) is 1. The summed E-state index contributed by atoms with van der Waals surface area (Å²) in [5.74, 6) is 0. The Morgan fingerprint density at radius 2 is 2.08 bits per heavy atom. The van der Waals surface area contributed by atoms with Gasteiger partial charge in [-0.05, 0) is 17.7 Å². The van der Waals surface area contributed by atoms with Gasteiger partial charge in [-0.3, -0.25) is 0 Å². The van der Waals surface area contributed by atoms with Crippen molar-refractivity contribution < 1.29 is 4.74 Å². The van der Waals surface area contributed by atoms with Crippen LogP contribution in [0.3, 0.4) is 0 Å². The molecule has 0 unspecified atom stereocenters. The van der Waals surface area contributed by atoms with Gasteiger partial charge in [0.05, 0.1) is 17.5 Å². The Labute approximate surface area is 88.4 Å². The molecule has 0 atom stereocenters. The second-order valence-corrected chi connectivity index (χ2v) is 5.40. The molecule has 1 saturated heterocycles. The SMILES string of the molecule is Brc1cccc(C2(Br)COC2)c1. The zero-order valence-electron chi connectivity index (χ0n) is 6.39. The van der Waals surface area contributed by atoms with Crippen LogP contribution in [-0.2, 0) is 9.06 Å². The van der Waals surface area contributed by atoms with E-state index < -0.39 is 0 Å². The molecule has 64 valence electrons. The third kappa shape index (κ3) is 1.45. The molecule has 3 heteroatoms.